The molecule has 19 heavy (non-hydrogen) atoms. The molecule has 0 amide bonds. The van der Waals surface area contributed by atoms with Crippen LogP contribution in [0.2, 0.25) is 5.02 Å². The van der Waals surface area contributed by atoms with E-state index < -0.39 is 0 Å². The molecule has 2 aromatic carbocycles. The maximum absolute atomic E-state index is 9.67. The molecule has 1 unspecified atom stereocenters. The van der Waals surface area contributed by atoms with Gasteiger partial charge in [-0.2, -0.15) is 0 Å². The van der Waals surface area contributed by atoms with Crippen molar-refractivity contribution in [2.24, 2.45) is 0 Å². The lowest BCUT2D eigenvalue weighted by Gasteiger charge is -2.27. The molecular weight excluding hydrogens is 258 g/mol. The van der Waals surface area contributed by atoms with Crippen LogP contribution in [0.15, 0.2) is 42.5 Å². The van der Waals surface area contributed by atoms with E-state index in [4.69, 9.17) is 11.6 Å². The summed E-state index contributed by atoms with van der Waals surface area (Å²) in [5, 5.41) is 13.9. The molecule has 0 aromatic heterocycles. The van der Waals surface area contributed by atoms with Crippen molar-refractivity contribution in [2.75, 3.05) is 5.32 Å². The third-order valence-corrected chi connectivity index (χ3v) is 3.98. The van der Waals surface area contributed by atoms with Crippen LogP contribution in [0.3, 0.4) is 0 Å². The summed E-state index contributed by atoms with van der Waals surface area (Å²) < 4.78 is 0. The molecule has 2 aromatic rings. The minimum atomic E-state index is 0.218. The Morgan fingerprint density at radius 3 is 2.84 bits per heavy atom. The Morgan fingerprint density at radius 2 is 2.00 bits per heavy atom. The SMILES string of the molecule is Oc1ccc2c(c1)C(Nc1ccccc1Cl)CCC2. The number of nitrogens with one attached hydrogen (secondary N) is 1. The quantitative estimate of drug-likeness (QED) is 0.842. The Labute approximate surface area is 118 Å². The zero-order valence-corrected chi connectivity index (χ0v) is 11.3. The average molecular weight is 274 g/mol. The second-order valence-electron chi connectivity index (χ2n) is 4.95. The van der Waals surface area contributed by atoms with Crippen LogP contribution in [0.25, 0.3) is 0 Å². The standard InChI is InChI=1S/C16H16ClNO/c17-14-5-1-2-6-16(14)18-15-7-3-4-11-8-9-12(19)10-13(11)15/h1-2,5-6,8-10,15,18-19H,3-4,7H2. The highest BCUT2D eigenvalue weighted by Crippen LogP contribution is 2.35. The number of benzene rings is 2. The first-order valence-corrected chi connectivity index (χ1v) is 6.95. The van der Waals surface area contributed by atoms with Gasteiger partial charge in [0.25, 0.3) is 0 Å². The van der Waals surface area contributed by atoms with Crippen molar-refractivity contribution in [3.63, 3.8) is 0 Å². The number of phenols is 1. The number of rotatable bonds is 2. The highest BCUT2D eigenvalue weighted by molar-refractivity contribution is 6.33. The van der Waals surface area contributed by atoms with Gasteiger partial charge in [-0.3, -0.25) is 0 Å². The first-order valence-electron chi connectivity index (χ1n) is 6.57. The summed E-state index contributed by atoms with van der Waals surface area (Å²) in [5.41, 5.74) is 3.45. The molecule has 2 N–H and O–H groups in total. The Morgan fingerprint density at radius 1 is 1.16 bits per heavy atom. The van der Waals surface area contributed by atoms with Crippen LogP contribution < -0.4 is 5.32 Å². The molecule has 0 saturated carbocycles. The fraction of sp³-hybridized carbons (Fsp3) is 0.250. The van der Waals surface area contributed by atoms with Crippen LogP contribution >= 0.6 is 11.6 Å². The van der Waals surface area contributed by atoms with E-state index in [1.807, 2.05) is 36.4 Å². The van der Waals surface area contributed by atoms with Gasteiger partial charge in [0, 0.05) is 0 Å². The zero-order chi connectivity index (χ0) is 13.2. The monoisotopic (exact) mass is 273 g/mol. The van der Waals surface area contributed by atoms with Crippen molar-refractivity contribution in [3.05, 3.63) is 58.6 Å². The number of anilines is 1. The van der Waals surface area contributed by atoms with Gasteiger partial charge >= 0.3 is 0 Å². The smallest absolute Gasteiger partial charge is 0.115 e. The van der Waals surface area contributed by atoms with Gasteiger partial charge in [-0.1, -0.05) is 29.8 Å². The van der Waals surface area contributed by atoms with E-state index in [2.05, 4.69) is 5.32 Å². The van der Waals surface area contributed by atoms with Gasteiger partial charge in [-0.05, 0) is 54.7 Å². The second-order valence-corrected chi connectivity index (χ2v) is 5.36. The van der Waals surface area contributed by atoms with E-state index in [9.17, 15) is 5.11 Å². The van der Waals surface area contributed by atoms with Crippen LogP contribution in [0.1, 0.15) is 30.0 Å². The van der Waals surface area contributed by atoms with Gasteiger partial charge in [0.15, 0.2) is 0 Å². The fourth-order valence-corrected chi connectivity index (χ4v) is 2.89. The Hall–Kier alpha value is -1.67. The van der Waals surface area contributed by atoms with Crippen molar-refractivity contribution < 1.29 is 5.11 Å². The number of phenolic OH excluding ortho intramolecular Hbond substituents is 1. The van der Waals surface area contributed by atoms with Crippen LogP contribution in [-0.4, -0.2) is 5.11 Å². The van der Waals surface area contributed by atoms with Gasteiger partial charge in [-0.25, -0.2) is 0 Å². The first-order chi connectivity index (χ1) is 9.24. The molecule has 98 valence electrons. The number of para-hydroxylation sites is 1. The predicted molar refractivity (Wildman–Crippen MR) is 78.9 cm³/mol. The fourth-order valence-electron chi connectivity index (χ4n) is 2.70. The van der Waals surface area contributed by atoms with Crippen LogP contribution in [-0.2, 0) is 6.42 Å². The molecule has 2 nitrogen and oxygen atoms in total. The maximum atomic E-state index is 9.67. The van der Waals surface area contributed by atoms with E-state index in [-0.39, 0.29) is 6.04 Å². The largest absolute Gasteiger partial charge is 0.508 e. The number of fused-ring (bicyclic) bond motifs is 1. The Balaban J connectivity index is 1.92. The van der Waals surface area contributed by atoms with E-state index in [1.54, 1.807) is 6.07 Å². The molecule has 0 radical (unpaired) electrons. The summed E-state index contributed by atoms with van der Waals surface area (Å²) in [6.07, 6.45) is 3.29. The number of halogens is 1. The van der Waals surface area contributed by atoms with Crippen LogP contribution in [0, 0.1) is 0 Å². The van der Waals surface area contributed by atoms with Crippen molar-refractivity contribution >= 4 is 17.3 Å². The molecule has 0 heterocycles. The molecule has 3 heteroatoms. The summed E-state index contributed by atoms with van der Waals surface area (Å²) in [7, 11) is 0. The molecule has 1 aliphatic rings. The molecule has 0 spiro atoms. The zero-order valence-electron chi connectivity index (χ0n) is 10.6. The summed E-state index contributed by atoms with van der Waals surface area (Å²) in [6.45, 7) is 0. The number of hydrogen-bond acceptors (Lipinski definition) is 2. The Kier molecular flexibility index (Phi) is 3.34. The van der Waals surface area contributed by atoms with E-state index in [0.29, 0.717) is 5.75 Å². The molecule has 1 atom stereocenters. The van der Waals surface area contributed by atoms with Crippen molar-refractivity contribution in [3.8, 4) is 5.75 Å². The van der Waals surface area contributed by atoms with Gasteiger partial charge in [0.05, 0.1) is 16.8 Å². The number of aromatic hydroxyl groups is 1. The second kappa shape index (κ2) is 5.14. The van der Waals surface area contributed by atoms with Crippen molar-refractivity contribution in [1.82, 2.24) is 0 Å². The highest BCUT2D eigenvalue weighted by Gasteiger charge is 2.21. The molecule has 0 fully saturated rings. The minimum Gasteiger partial charge on any atom is -0.508 e. The Bertz CT molecular complexity index is 597. The number of hydrogen-bond donors (Lipinski definition) is 2. The van der Waals surface area contributed by atoms with E-state index >= 15 is 0 Å². The molecule has 0 aliphatic heterocycles. The summed E-state index contributed by atoms with van der Waals surface area (Å²) in [5.74, 6) is 0.326. The topological polar surface area (TPSA) is 32.3 Å². The third kappa shape index (κ3) is 2.54. The maximum Gasteiger partial charge on any atom is 0.115 e. The lowest BCUT2D eigenvalue weighted by molar-refractivity contribution is 0.471. The van der Waals surface area contributed by atoms with Crippen LogP contribution in [0.4, 0.5) is 5.69 Å². The summed E-state index contributed by atoms with van der Waals surface area (Å²) >= 11 is 6.19. The molecular formula is C16H16ClNO. The third-order valence-electron chi connectivity index (χ3n) is 3.65. The molecule has 0 bridgehead atoms. The summed E-state index contributed by atoms with van der Waals surface area (Å²) in [6, 6.07) is 13.6. The van der Waals surface area contributed by atoms with Crippen molar-refractivity contribution in [2.45, 2.75) is 25.3 Å². The lowest BCUT2D eigenvalue weighted by atomic mass is 9.87. The number of aryl methyl sites for hydroxylation is 1. The van der Waals surface area contributed by atoms with Gasteiger partial charge < -0.3 is 10.4 Å². The van der Waals surface area contributed by atoms with Gasteiger partial charge in [0.2, 0.25) is 0 Å². The first kappa shape index (κ1) is 12.4. The molecule has 3 rings (SSSR count). The van der Waals surface area contributed by atoms with Gasteiger partial charge in [0.1, 0.15) is 5.75 Å². The van der Waals surface area contributed by atoms with Crippen LogP contribution in [0.5, 0.6) is 5.75 Å². The van der Waals surface area contributed by atoms with E-state index in [0.717, 1.165) is 30.0 Å². The minimum absolute atomic E-state index is 0.218. The molecule has 1 aliphatic carbocycles. The van der Waals surface area contributed by atoms with Gasteiger partial charge in [-0.15, -0.1) is 0 Å². The summed E-state index contributed by atoms with van der Waals surface area (Å²) in [4.78, 5) is 0. The molecule has 0 saturated heterocycles. The van der Waals surface area contributed by atoms with E-state index in [1.165, 1.54) is 11.1 Å². The average Bonchev–Trinajstić information content (AvgIpc) is 2.42. The lowest BCUT2D eigenvalue weighted by Crippen LogP contribution is -2.17. The predicted octanol–water partition coefficient (Wildman–Crippen LogP) is 4.54. The van der Waals surface area contributed by atoms with Crippen molar-refractivity contribution in [1.29, 1.82) is 0 Å². The normalized spacial score (nSPS) is 17.8. The highest BCUT2D eigenvalue weighted by atomic mass is 35.5.